The summed E-state index contributed by atoms with van der Waals surface area (Å²) in [7, 11) is 1.41. The van der Waals surface area contributed by atoms with Crippen molar-refractivity contribution in [2.24, 2.45) is 29.6 Å². The molecule has 3 fully saturated rings. The van der Waals surface area contributed by atoms with Gasteiger partial charge in [-0.15, -0.1) is 0 Å². The maximum absolute atomic E-state index is 14.2. The van der Waals surface area contributed by atoms with Gasteiger partial charge in [-0.2, -0.15) is 0 Å². The van der Waals surface area contributed by atoms with E-state index in [9.17, 15) is 24.3 Å². The van der Waals surface area contributed by atoms with Gasteiger partial charge >= 0.3 is 0 Å². The minimum Gasteiger partial charge on any atom is -0.503 e. The average Bonchev–Trinajstić information content (AvgIpc) is 3.42. The Bertz CT molecular complexity index is 1780. The zero-order chi connectivity index (χ0) is 31.0. The maximum atomic E-state index is 14.2. The van der Waals surface area contributed by atoms with Gasteiger partial charge in [0.15, 0.2) is 11.5 Å². The van der Waals surface area contributed by atoms with E-state index in [0.717, 1.165) is 14.5 Å². The predicted molar refractivity (Wildman–Crippen MR) is 170 cm³/mol. The molecule has 2 heterocycles. The van der Waals surface area contributed by atoms with Crippen molar-refractivity contribution in [1.29, 1.82) is 0 Å². The first kappa shape index (κ1) is 29.3. The Kier molecular flexibility index (Phi) is 7.22. The van der Waals surface area contributed by atoms with Gasteiger partial charge < -0.3 is 9.84 Å². The molecular weight excluding hydrogens is 716 g/mol. The minimum absolute atomic E-state index is 0.0439. The second-order valence-electron chi connectivity index (χ2n) is 11.6. The highest BCUT2D eigenvalue weighted by Gasteiger charge is 2.62. The number of imide groups is 2. The lowest BCUT2D eigenvalue weighted by Gasteiger charge is -2.44. The van der Waals surface area contributed by atoms with Crippen LogP contribution in [-0.4, -0.2) is 35.8 Å². The fraction of sp³-hybridized carbons (Fsp3) is 0.273. The molecule has 2 aliphatic heterocycles. The third-order valence-electron chi connectivity index (χ3n) is 9.45. The topological polar surface area (TPSA) is 104 Å². The molecule has 3 aromatic rings. The van der Waals surface area contributed by atoms with Crippen molar-refractivity contribution < 1.29 is 29.0 Å². The van der Waals surface area contributed by atoms with Crippen molar-refractivity contribution in [3.05, 3.63) is 91.8 Å². The van der Waals surface area contributed by atoms with Crippen LogP contribution >= 0.6 is 43.5 Å². The van der Waals surface area contributed by atoms with E-state index in [-0.39, 0.29) is 46.6 Å². The number of fused-ring (bicyclic) bond motifs is 4. The second-order valence-corrected chi connectivity index (χ2v) is 13.8. The molecule has 0 bridgehead atoms. The summed E-state index contributed by atoms with van der Waals surface area (Å²) in [6.07, 6.45) is 2.54. The summed E-state index contributed by atoms with van der Waals surface area (Å²) in [4.78, 5) is 58.6. The lowest BCUT2D eigenvalue weighted by atomic mass is 9.57. The number of phenolic OH excluding ortho intramolecular Hbond substituents is 1. The van der Waals surface area contributed by atoms with Crippen LogP contribution < -0.4 is 14.5 Å². The van der Waals surface area contributed by atoms with Crippen molar-refractivity contribution in [3.63, 3.8) is 0 Å². The molecule has 44 heavy (non-hydrogen) atoms. The van der Waals surface area contributed by atoms with Gasteiger partial charge in [-0.25, -0.2) is 0 Å². The first-order chi connectivity index (χ1) is 21.1. The van der Waals surface area contributed by atoms with E-state index in [2.05, 4.69) is 31.9 Å². The van der Waals surface area contributed by atoms with Crippen molar-refractivity contribution in [3.8, 4) is 11.5 Å². The molecule has 7 rings (SSSR count). The molecule has 1 saturated carbocycles. The minimum atomic E-state index is -0.773. The molecule has 0 spiro atoms. The number of carbonyl (C=O) groups is 4. The normalized spacial score (nSPS) is 27.7. The Balaban J connectivity index is 1.35. The van der Waals surface area contributed by atoms with Crippen LogP contribution in [0.1, 0.15) is 24.3 Å². The van der Waals surface area contributed by atoms with Gasteiger partial charge in [-0.1, -0.05) is 55.1 Å². The Hall–Kier alpha value is -3.47. The van der Waals surface area contributed by atoms with E-state index in [1.54, 1.807) is 60.7 Å². The van der Waals surface area contributed by atoms with Gasteiger partial charge in [0.2, 0.25) is 23.6 Å². The maximum Gasteiger partial charge on any atom is 0.238 e. The number of benzene rings is 3. The number of nitrogens with zero attached hydrogens (tertiary/aromatic N) is 2. The SMILES string of the molecule is COc1cc(C2C3=CCC4C(=O)N(c5ccc(Br)cc5)C(=O)C4C3CC3C(=O)N(c4ccc(Br)cc4)C(=O)C32)cc(Cl)c1O. The Morgan fingerprint density at radius 3 is 1.89 bits per heavy atom. The summed E-state index contributed by atoms with van der Waals surface area (Å²) >= 11 is 13.3. The Morgan fingerprint density at radius 1 is 0.773 bits per heavy atom. The van der Waals surface area contributed by atoms with Crippen LogP contribution in [0.15, 0.2) is 81.3 Å². The number of phenols is 1. The lowest BCUT2D eigenvalue weighted by molar-refractivity contribution is -0.126. The van der Waals surface area contributed by atoms with Crippen molar-refractivity contribution in [2.45, 2.75) is 18.8 Å². The number of methoxy groups -OCH3 is 1. The summed E-state index contributed by atoms with van der Waals surface area (Å²) in [5.74, 6) is -5.22. The Labute approximate surface area is 274 Å². The van der Waals surface area contributed by atoms with Gasteiger partial charge in [0.05, 0.1) is 47.2 Å². The standard InChI is InChI=1S/C33H25Br2ClN2O6/c1-44-25-13-15(12-24(36)29(25)39)26-20-10-11-21-27(32(42)37(30(21)40)18-6-2-16(34)3-7-18)22(20)14-23-28(26)33(43)38(31(23)41)19-8-4-17(35)5-9-19/h2-10,12-13,21-23,26-28,39H,11,14H2,1H3. The van der Waals surface area contributed by atoms with Crippen LogP contribution in [0.5, 0.6) is 11.5 Å². The number of allylic oxidation sites excluding steroid dienone is 2. The van der Waals surface area contributed by atoms with Gasteiger partial charge in [0.25, 0.3) is 0 Å². The number of aromatic hydroxyl groups is 1. The number of carbonyl (C=O) groups excluding carboxylic acids is 4. The van der Waals surface area contributed by atoms with Crippen LogP contribution in [0.3, 0.4) is 0 Å². The van der Waals surface area contributed by atoms with Crippen molar-refractivity contribution in [2.75, 3.05) is 16.9 Å². The molecule has 11 heteroatoms. The Morgan fingerprint density at radius 2 is 1.32 bits per heavy atom. The number of ether oxygens (including phenoxy) is 1. The largest absolute Gasteiger partial charge is 0.503 e. The van der Waals surface area contributed by atoms with E-state index < -0.39 is 35.5 Å². The van der Waals surface area contributed by atoms with Gasteiger partial charge in [-0.05, 0) is 85.0 Å². The molecule has 0 radical (unpaired) electrons. The number of halogens is 3. The first-order valence-corrected chi connectivity index (χ1v) is 16.1. The van der Waals surface area contributed by atoms with Crippen LogP contribution in [0.4, 0.5) is 11.4 Å². The van der Waals surface area contributed by atoms with Gasteiger partial charge in [0.1, 0.15) is 0 Å². The van der Waals surface area contributed by atoms with Crippen molar-refractivity contribution in [1.82, 2.24) is 0 Å². The highest BCUT2D eigenvalue weighted by Crippen LogP contribution is 2.59. The smallest absolute Gasteiger partial charge is 0.238 e. The molecule has 4 amide bonds. The number of amides is 4. The third-order valence-corrected chi connectivity index (χ3v) is 10.8. The van der Waals surface area contributed by atoms with Crippen LogP contribution in [0.2, 0.25) is 5.02 Å². The van der Waals surface area contributed by atoms with E-state index in [1.165, 1.54) is 16.9 Å². The summed E-state index contributed by atoms with van der Waals surface area (Å²) in [5.41, 5.74) is 2.37. The number of hydrogen-bond donors (Lipinski definition) is 1. The van der Waals surface area contributed by atoms with E-state index in [0.29, 0.717) is 23.4 Å². The first-order valence-electron chi connectivity index (χ1n) is 14.1. The van der Waals surface area contributed by atoms with Crippen molar-refractivity contribution >= 4 is 78.5 Å². The number of anilines is 2. The molecule has 6 unspecified atom stereocenters. The highest BCUT2D eigenvalue weighted by atomic mass is 79.9. The van der Waals surface area contributed by atoms with E-state index in [1.807, 2.05) is 6.08 Å². The summed E-state index contributed by atoms with van der Waals surface area (Å²) in [5, 5.41) is 10.5. The molecule has 3 aromatic carbocycles. The molecule has 2 aliphatic carbocycles. The second kappa shape index (κ2) is 10.9. The monoisotopic (exact) mass is 738 g/mol. The molecule has 4 aliphatic rings. The van der Waals surface area contributed by atoms with Gasteiger partial charge in [0, 0.05) is 14.9 Å². The summed E-state index contributed by atoms with van der Waals surface area (Å²) in [6.45, 7) is 0. The average molecular weight is 741 g/mol. The zero-order valence-corrected chi connectivity index (χ0v) is 27.2. The number of rotatable bonds is 4. The lowest BCUT2D eigenvalue weighted by Crippen LogP contribution is -2.43. The fourth-order valence-corrected chi connectivity index (χ4v) is 8.33. The van der Waals surface area contributed by atoms with E-state index in [4.69, 9.17) is 16.3 Å². The summed E-state index contributed by atoms with van der Waals surface area (Å²) < 4.78 is 7.03. The predicted octanol–water partition coefficient (Wildman–Crippen LogP) is 6.62. The van der Waals surface area contributed by atoms with Gasteiger partial charge in [-0.3, -0.25) is 29.0 Å². The molecule has 224 valence electrons. The summed E-state index contributed by atoms with van der Waals surface area (Å²) in [6, 6.07) is 17.2. The molecule has 8 nitrogen and oxygen atoms in total. The molecule has 6 atom stereocenters. The third kappa shape index (κ3) is 4.36. The molecular formula is C33H25Br2ClN2O6. The van der Waals surface area contributed by atoms with Crippen LogP contribution in [-0.2, 0) is 19.2 Å². The van der Waals surface area contributed by atoms with Crippen LogP contribution in [0.25, 0.3) is 0 Å². The molecule has 1 N–H and O–H groups in total. The fourth-order valence-electron chi connectivity index (χ4n) is 7.58. The van der Waals surface area contributed by atoms with Crippen LogP contribution in [0, 0.1) is 29.6 Å². The zero-order valence-electron chi connectivity index (χ0n) is 23.2. The number of hydrogen-bond acceptors (Lipinski definition) is 6. The van der Waals surface area contributed by atoms with E-state index >= 15 is 0 Å². The quantitative estimate of drug-likeness (QED) is 0.238. The highest BCUT2D eigenvalue weighted by molar-refractivity contribution is 9.10. The molecule has 2 saturated heterocycles. The molecule has 0 aromatic heterocycles.